The molecule has 0 bridgehead atoms. The van der Waals surface area contributed by atoms with Crippen LogP contribution < -0.4 is 0 Å². The third-order valence-corrected chi connectivity index (χ3v) is 3.44. The zero-order chi connectivity index (χ0) is 14.7. The number of nitrogens with zero attached hydrogens (tertiary/aromatic N) is 1. The molecule has 0 aromatic heterocycles. The summed E-state index contributed by atoms with van der Waals surface area (Å²) in [4.78, 5) is 22.6. The highest BCUT2D eigenvalue weighted by molar-refractivity contribution is 9.10. The Labute approximate surface area is 128 Å². The normalized spacial score (nSPS) is 10.3. The molecule has 0 amide bonds. The summed E-state index contributed by atoms with van der Waals surface area (Å²) in [5.74, 6) is -0.313. The van der Waals surface area contributed by atoms with Crippen LogP contribution in [-0.2, 0) is 6.42 Å². The molecule has 0 saturated carbocycles. The molecule has 0 radical (unpaired) electrons. The first-order valence-corrected chi connectivity index (χ1v) is 6.86. The summed E-state index contributed by atoms with van der Waals surface area (Å²) in [6, 6.07) is 11.3. The standard InChI is InChI=1S/C14H9BrClNO3/c15-10-3-1-2-9(6-10)7-14(18)12-5-4-11(16)8-13(12)17(19)20/h1-6,8H,7H2. The molecule has 0 unspecified atom stereocenters. The predicted molar refractivity (Wildman–Crippen MR) is 80.3 cm³/mol. The Bertz CT molecular complexity index is 688. The Balaban J connectivity index is 2.32. The molecule has 0 atom stereocenters. The number of Topliss-reactive ketones (excluding diaryl/α,β-unsaturated/α-hetero) is 1. The van der Waals surface area contributed by atoms with E-state index < -0.39 is 4.92 Å². The van der Waals surface area contributed by atoms with E-state index in [1.807, 2.05) is 12.1 Å². The van der Waals surface area contributed by atoms with Gasteiger partial charge in [0.2, 0.25) is 0 Å². The van der Waals surface area contributed by atoms with Crippen molar-refractivity contribution >= 4 is 39.0 Å². The van der Waals surface area contributed by atoms with Crippen molar-refractivity contribution in [1.29, 1.82) is 0 Å². The van der Waals surface area contributed by atoms with Gasteiger partial charge in [-0.25, -0.2) is 0 Å². The molecule has 0 saturated heterocycles. The summed E-state index contributed by atoms with van der Waals surface area (Å²) in [5.41, 5.74) is 0.588. The molecule has 0 aliphatic carbocycles. The molecule has 0 fully saturated rings. The van der Waals surface area contributed by atoms with E-state index in [2.05, 4.69) is 15.9 Å². The minimum Gasteiger partial charge on any atom is -0.294 e. The van der Waals surface area contributed by atoms with Crippen molar-refractivity contribution in [1.82, 2.24) is 0 Å². The topological polar surface area (TPSA) is 60.2 Å². The second-order valence-corrected chi connectivity index (χ2v) is 5.50. The number of carbonyl (C=O) groups is 1. The predicted octanol–water partition coefficient (Wildman–Crippen LogP) is 4.44. The van der Waals surface area contributed by atoms with Crippen LogP contribution in [0.1, 0.15) is 15.9 Å². The van der Waals surface area contributed by atoms with Gasteiger partial charge >= 0.3 is 0 Å². The van der Waals surface area contributed by atoms with Gasteiger partial charge in [0.15, 0.2) is 5.78 Å². The van der Waals surface area contributed by atoms with Crippen LogP contribution in [0.3, 0.4) is 0 Å². The largest absolute Gasteiger partial charge is 0.294 e. The van der Waals surface area contributed by atoms with Crippen molar-refractivity contribution in [3.8, 4) is 0 Å². The second kappa shape index (κ2) is 6.15. The highest BCUT2D eigenvalue weighted by Crippen LogP contribution is 2.25. The van der Waals surface area contributed by atoms with Gasteiger partial charge in [0.05, 0.1) is 10.5 Å². The minimum absolute atomic E-state index is 0.0689. The molecule has 0 spiro atoms. The van der Waals surface area contributed by atoms with Crippen molar-refractivity contribution in [2.45, 2.75) is 6.42 Å². The molecule has 2 rings (SSSR count). The summed E-state index contributed by atoms with van der Waals surface area (Å²) in [5, 5.41) is 11.2. The molecule has 0 heterocycles. The number of ketones is 1. The molecule has 0 N–H and O–H groups in total. The average molecular weight is 355 g/mol. The highest BCUT2D eigenvalue weighted by atomic mass is 79.9. The Morgan fingerprint density at radius 2 is 2.00 bits per heavy atom. The maximum atomic E-state index is 12.2. The molecule has 0 aliphatic rings. The van der Waals surface area contributed by atoms with Crippen molar-refractivity contribution in [3.05, 3.63) is 73.2 Å². The van der Waals surface area contributed by atoms with E-state index in [0.29, 0.717) is 0 Å². The first-order valence-electron chi connectivity index (χ1n) is 5.69. The number of benzene rings is 2. The Kier molecular flexibility index (Phi) is 4.52. The van der Waals surface area contributed by atoms with Crippen LogP contribution in [0.25, 0.3) is 0 Å². The summed E-state index contributed by atoms with van der Waals surface area (Å²) in [6.07, 6.45) is 0.0991. The van der Waals surface area contributed by atoms with Crippen LogP contribution in [0, 0.1) is 10.1 Å². The van der Waals surface area contributed by atoms with Crippen LogP contribution in [0.5, 0.6) is 0 Å². The van der Waals surface area contributed by atoms with Gasteiger partial charge in [-0.15, -0.1) is 0 Å². The molecule has 102 valence electrons. The lowest BCUT2D eigenvalue weighted by Gasteiger charge is -2.04. The van der Waals surface area contributed by atoms with Gasteiger partial charge in [0, 0.05) is 22.0 Å². The summed E-state index contributed by atoms with van der Waals surface area (Å²) in [7, 11) is 0. The van der Waals surface area contributed by atoms with Gasteiger partial charge < -0.3 is 0 Å². The molecule has 6 heteroatoms. The van der Waals surface area contributed by atoms with Gasteiger partial charge in [0.25, 0.3) is 5.69 Å². The Hall–Kier alpha value is -1.72. The fourth-order valence-electron chi connectivity index (χ4n) is 1.82. The smallest absolute Gasteiger partial charge is 0.281 e. The molecule has 20 heavy (non-hydrogen) atoms. The van der Waals surface area contributed by atoms with E-state index in [-0.39, 0.29) is 28.5 Å². The number of hydrogen-bond donors (Lipinski definition) is 0. The van der Waals surface area contributed by atoms with Crippen LogP contribution in [-0.4, -0.2) is 10.7 Å². The van der Waals surface area contributed by atoms with Crippen LogP contribution in [0.2, 0.25) is 5.02 Å². The van der Waals surface area contributed by atoms with E-state index in [4.69, 9.17) is 11.6 Å². The zero-order valence-electron chi connectivity index (χ0n) is 10.2. The first kappa shape index (κ1) is 14.7. The lowest BCUT2D eigenvalue weighted by Crippen LogP contribution is -2.07. The number of rotatable bonds is 4. The molecule has 4 nitrogen and oxygen atoms in total. The third kappa shape index (κ3) is 3.43. The third-order valence-electron chi connectivity index (χ3n) is 2.71. The van der Waals surface area contributed by atoms with E-state index >= 15 is 0 Å². The average Bonchev–Trinajstić information content (AvgIpc) is 2.38. The minimum atomic E-state index is -0.597. The van der Waals surface area contributed by atoms with E-state index in [0.717, 1.165) is 10.0 Å². The summed E-state index contributed by atoms with van der Waals surface area (Å²) >= 11 is 9.04. The Morgan fingerprint density at radius 3 is 2.65 bits per heavy atom. The van der Waals surface area contributed by atoms with Gasteiger partial charge in [0.1, 0.15) is 0 Å². The molecule has 2 aromatic carbocycles. The number of nitro groups is 1. The van der Waals surface area contributed by atoms with Crippen LogP contribution in [0.4, 0.5) is 5.69 Å². The molecular weight excluding hydrogens is 346 g/mol. The number of hydrogen-bond acceptors (Lipinski definition) is 3. The van der Waals surface area contributed by atoms with E-state index in [1.54, 1.807) is 12.1 Å². The lowest BCUT2D eigenvalue weighted by molar-refractivity contribution is -0.385. The van der Waals surface area contributed by atoms with E-state index in [9.17, 15) is 14.9 Å². The number of carbonyl (C=O) groups excluding carboxylic acids is 1. The quantitative estimate of drug-likeness (QED) is 0.463. The maximum Gasteiger partial charge on any atom is 0.281 e. The monoisotopic (exact) mass is 353 g/mol. The molecule has 2 aromatic rings. The van der Waals surface area contributed by atoms with Crippen molar-refractivity contribution in [3.63, 3.8) is 0 Å². The van der Waals surface area contributed by atoms with Gasteiger partial charge in [-0.2, -0.15) is 0 Å². The second-order valence-electron chi connectivity index (χ2n) is 4.15. The molecule has 0 aliphatic heterocycles. The lowest BCUT2D eigenvalue weighted by atomic mass is 10.0. The van der Waals surface area contributed by atoms with Crippen molar-refractivity contribution in [2.24, 2.45) is 0 Å². The van der Waals surface area contributed by atoms with Gasteiger partial charge in [-0.3, -0.25) is 14.9 Å². The van der Waals surface area contributed by atoms with Crippen LogP contribution in [0.15, 0.2) is 46.9 Å². The zero-order valence-corrected chi connectivity index (χ0v) is 12.5. The van der Waals surface area contributed by atoms with Crippen LogP contribution >= 0.6 is 27.5 Å². The fourth-order valence-corrected chi connectivity index (χ4v) is 2.43. The number of nitro benzene ring substituents is 1. The first-order chi connectivity index (χ1) is 9.47. The van der Waals surface area contributed by atoms with E-state index in [1.165, 1.54) is 18.2 Å². The number of halogens is 2. The van der Waals surface area contributed by atoms with Crippen molar-refractivity contribution in [2.75, 3.05) is 0 Å². The Morgan fingerprint density at radius 1 is 1.25 bits per heavy atom. The SMILES string of the molecule is O=C(Cc1cccc(Br)c1)c1ccc(Cl)cc1[N+](=O)[O-]. The van der Waals surface area contributed by atoms with Crippen molar-refractivity contribution < 1.29 is 9.72 Å². The van der Waals surface area contributed by atoms with Gasteiger partial charge in [-0.1, -0.05) is 39.7 Å². The maximum absolute atomic E-state index is 12.2. The fraction of sp³-hybridized carbons (Fsp3) is 0.0714. The van der Waals surface area contributed by atoms with Gasteiger partial charge in [-0.05, 0) is 29.8 Å². The molecular formula is C14H9BrClNO3. The summed E-state index contributed by atoms with van der Waals surface area (Å²) in [6.45, 7) is 0. The summed E-state index contributed by atoms with van der Waals surface area (Å²) < 4.78 is 0.855. The highest BCUT2D eigenvalue weighted by Gasteiger charge is 2.20.